The van der Waals surface area contributed by atoms with Crippen molar-refractivity contribution in [3.05, 3.63) is 84.7 Å². The molecule has 1 N–H and O–H groups in total. The van der Waals surface area contributed by atoms with Crippen LogP contribution in [0.25, 0.3) is 32.6 Å². The zero-order chi connectivity index (χ0) is 20.0. The molecule has 2 aromatic heterocycles. The van der Waals surface area contributed by atoms with Gasteiger partial charge in [0.05, 0.1) is 22.4 Å². The van der Waals surface area contributed by atoms with E-state index in [1.54, 1.807) is 0 Å². The summed E-state index contributed by atoms with van der Waals surface area (Å²) in [6.45, 7) is 6.74. The fourth-order valence-electron chi connectivity index (χ4n) is 3.85. The first kappa shape index (κ1) is 17.6. The Hall–Kier alpha value is -3.46. The molecule has 2 heterocycles. The Labute approximate surface area is 170 Å². The normalized spacial score (nSPS) is 12.0. The molecule has 0 unspecified atom stereocenters. The van der Waals surface area contributed by atoms with Crippen molar-refractivity contribution in [3.8, 4) is 0 Å². The van der Waals surface area contributed by atoms with Gasteiger partial charge in [0.2, 0.25) is 0 Å². The number of aromatic nitrogens is 2. The molecule has 0 aliphatic carbocycles. The van der Waals surface area contributed by atoms with E-state index in [-0.39, 0.29) is 5.41 Å². The predicted molar refractivity (Wildman–Crippen MR) is 123 cm³/mol. The fraction of sp³-hybridized carbons (Fsp3) is 0.154. The number of para-hydroxylation sites is 1. The standard InChI is InChI=1S/C26H23N3/c1-26(2,3)19-14-21-20-11-5-4-8-18(20)16-28-25(21)23(15-19)29-22-12-6-9-17-10-7-13-27-24(17)22/h4-16,29H,1-3H3. The Morgan fingerprint density at radius 3 is 2.34 bits per heavy atom. The molecule has 0 bridgehead atoms. The lowest BCUT2D eigenvalue weighted by Crippen LogP contribution is -2.11. The van der Waals surface area contributed by atoms with Gasteiger partial charge in [-0.25, -0.2) is 0 Å². The third-order valence-corrected chi connectivity index (χ3v) is 5.46. The largest absolute Gasteiger partial charge is 0.352 e. The van der Waals surface area contributed by atoms with E-state index in [2.05, 4.69) is 91.7 Å². The average molecular weight is 377 g/mol. The van der Waals surface area contributed by atoms with Gasteiger partial charge in [-0.05, 0) is 40.6 Å². The second-order valence-electron chi connectivity index (χ2n) is 8.52. The minimum Gasteiger partial charge on any atom is -0.352 e. The molecule has 3 heteroatoms. The molecular formula is C26H23N3. The van der Waals surface area contributed by atoms with E-state index in [4.69, 9.17) is 4.98 Å². The van der Waals surface area contributed by atoms with E-state index in [1.165, 1.54) is 16.3 Å². The molecule has 0 aliphatic heterocycles. The molecular weight excluding hydrogens is 354 g/mol. The lowest BCUT2D eigenvalue weighted by molar-refractivity contribution is 0.591. The number of hydrogen-bond donors (Lipinski definition) is 1. The second-order valence-corrected chi connectivity index (χ2v) is 8.52. The van der Waals surface area contributed by atoms with Crippen LogP contribution in [-0.4, -0.2) is 9.97 Å². The third-order valence-electron chi connectivity index (χ3n) is 5.46. The fourth-order valence-corrected chi connectivity index (χ4v) is 3.85. The summed E-state index contributed by atoms with van der Waals surface area (Å²) in [6.07, 6.45) is 3.80. The van der Waals surface area contributed by atoms with Gasteiger partial charge in [-0.15, -0.1) is 0 Å². The molecule has 0 saturated heterocycles. The van der Waals surface area contributed by atoms with Crippen LogP contribution in [0, 0.1) is 0 Å². The van der Waals surface area contributed by atoms with Gasteiger partial charge in [-0.2, -0.15) is 0 Å². The van der Waals surface area contributed by atoms with Crippen LogP contribution in [0.15, 0.2) is 79.1 Å². The van der Waals surface area contributed by atoms with E-state index < -0.39 is 0 Å². The average Bonchev–Trinajstić information content (AvgIpc) is 2.73. The summed E-state index contributed by atoms with van der Waals surface area (Å²) in [4.78, 5) is 9.42. The molecule has 3 nitrogen and oxygen atoms in total. The molecule has 5 aromatic rings. The predicted octanol–water partition coefficient (Wildman–Crippen LogP) is 6.98. The molecule has 0 fully saturated rings. The summed E-state index contributed by atoms with van der Waals surface area (Å²) in [6, 6.07) is 23.2. The van der Waals surface area contributed by atoms with Crippen LogP contribution < -0.4 is 5.32 Å². The van der Waals surface area contributed by atoms with Gasteiger partial charge in [0.1, 0.15) is 0 Å². The van der Waals surface area contributed by atoms with Gasteiger partial charge in [0.25, 0.3) is 0 Å². The number of benzene rings is 3. The minimum atomic E-state index is 0.0264. The number of hydrogen-bond acceptors (Lipinski definition) is 3. The van der Waals surface area contributed by atoms with Gasteiger partial charge in [-0.1, -0.05) is 63.2 Å². The maximum Gasteiger partial charge on any atom is 0.0943 e. The highest BCUT2D eigenvalue weighted by atomic mass is 14.9. The summed E-state index contributed by atoms with van der Waals surface area (Å²) in [5, 5.41) is 8.31. The number of nitrogens with one attached hydrogen (secondary N) is 1. The van der Waals surface area contributed by atoms with Crippen LogP contribution in [0.3, 0.4) is 0 Å². The van der Waals surface area contributed by atoms with E-state index in [0.29, 0.717) is 0 Å². The molecule has 0 amide bonds. The highest BCUT2D eigenvalue weighted by Gasteiger charge is 2.18. The third kappa shape index (κ3) is 3.09. The van der Waals surface area contributed by atoms with E-state index in [1.807, 2.05) is 18.5 Å². The highest BCUT2D eigenvalue weighted by molar-refractivity contribution is 6.10. The van der Waals surface area contributed by atoms with Crippen molar-refractivity contribution in [2.75, 3.05) is 5.32 Å². The minimum absolute atomic E-state index is 0.0264. The molecule has 29 heavy (non-hydrogen) atoms. The van der Waals surface area contributed by atoms with Crippen LogP contribution in [0.2, 0.25) is 0 Å². The first-order chi connectivity index (χ1) is 14.0. The second kappa shape index (κ2) is 6.56. The van der Waals surface area contributed by atoms with Crippen molar-refractivity contribution >= 4 is 44.0 Å². The first-order valence-corrected chi connectivity index (χ1v) is 9.93. The van der Waals surface area contributed by atoms with Crippen LogP contribution in [0.4, 0.5) is 11.4 Å². The first-order valence-electron chi connectivity index (χ1n) is 9.93. The van der Waals surface area contributed by atoms with E-state index >= 15 is 0 Å². The monoisotopic (exact) mass is 377 g/mol. The smallest absolute Gasteiger partial charge is 0.0943 e. The highest BCUT2D eigenvalue weighted by Crippen LogP contribution is 2.36. The van der Waals surface area contributed by atoms with E-state index in [0.717, 1.165) is 33.2 Å². The summed E-state index contributed by atoms with van der Waals surface area (Å²) < 4.78 is 0. The van der Waals surface area contributed by atoms with Crippen LogP contribution in [-0.2, 0) is 5.41 Å². The Balaban J connectivity index is 1.79. The quantitative estimate of drug-likeness (QED) is 0.337. The maximum atomic E-state index is 4.83. The van der Waals surface area contributed by atoms with Crippen LogP contribution >= 0.6 is 0 Å². The molecule has 142 valence electrons. The van der Waals surface area contributed by atoms with Crippen molar-refractivity contribution in [1.29, 1.82) is 0 Å². The van der Waals surface area contributed by atoms with Crippen molar-refractivity contribution < 1.29 is 0 Å². The van der Waals surface area contributed by atoms with Crippen LogP contribution in [0.5, 0.6) is 0 Å². The van der Waals surface area contributed by atoms with E-state index in [9.17, 15) is 0 Å². The summed E-state index contributed by atoms with van der Waals surface area (Å²) in [7, 11) is 0. The maximum absolute atomic E-state index is 4.83. The summed E-state index contributed by atoms with van der Waals surface area (Å²) >= 11 is 0. The van der Waals surface area contributed by atoms with Crippen molar-refractivity contribution in [2.24, 2.45) is 0 Å². The molecule has 0 aliphatic rings. The Bertz CT molecular complexity index is 1360. The molecule has 0 saturated carbocycles. The number of fused-ring (bicyclic) bond motifs is 4. The molecule has 5 rings (SSSR count). The topological polar surface area (TPSA) is 37.8 Å². The van der Waals surface area contributed by atoms with Crippen molar-refractivity contribution in [2.45, 2.75) is 26.2 Å². The summed E-state index contributed by atoms with van der Waals surface area (Å²) in [5.41, 5.74) is 5.24. The molecule has 0 atom stereocenters. The SMILES string of the molecule is CC(C)(C)c1cc(Nc2cccc3cccnc23)c2ncc3ccccc3c2c1. The lowest BCUT2D eigenvalue weighted by Gasteiger charge is -2.22. The Morgan fingerprint density at radius 2 is 1.48 bits per heavy atom. The van der Waals surface area contributed by atoms with Gasteiger partial charge in [0.15, 0.2) is 0 Å². The molecule has 0 radical (unpaired) electrons. The number of rotatable bonds is 2. The van der Waals surface area contributed by atoms with Gasteiger partial charge >= 0.3 is 0 Å². The van der Waals surface area contributed by atoms with Gasteiger partial charge in [-0.3, -0.25) is 9.97 Å². The van der Waals surface area contributed by atoms with Crippen molar-refractivity contribution in [3.63, 3.8) is 0 Å². The van der Waals surface area contributed by atoms with Gasteiger partial charge < -0.3 is 5.32 Å². The number of anilines is 2. The zero-order valence-corrected chi connectivity index (χ0v) is 16.9. The van der Waals surface area contributed by atoms with Crippen molar-refractivity contribution in [1.82, 2.24) is 9.97 Å². The number of pyridine rings is 2. The lowest BCUT2D eigenvalue weighted by atomic mass is 9.85. The van der Waals surface area contributed by atoms with Crippen LogP contribution in [0.1, 0.15) is 26.3 Å². The molecule has 3 aromatic carbocycles. The Morgan fingerprint density at radius 1 is 0.690 bits per heavy atom. The zero-order valence-electron chi connectivity index (χ0n) is 16.9. The molecule has 0 spiro atoms. The Kier molecular flexibility index (Phi) is 3.99. The number of nitrogens with zero attached hydrogens (tertiary/aromatic N) is 2. The summed E-state index contributed by atoms with van der Waals surface area (Å²) in [5.74, 6) is 0. The van der Waals surface area contributed by atoms with Gasteiger partial charge in [0, 0.05) is 28.6 Å².